The maximum atomic E-state index is 12.4. The van der Waals surface area contributed by atoms with Crippen LogP contribution in [0.3, 0.4) is 0 Å². The number of thiazole rings is 1. The van der Waals surface area contributed by atoms with Gasteiger partial charge in [0.2, 0.25) is 11.0 Å². The van der Waals surface area contributed by atoms with Crippen molar-refractivity contribution in [3.8, 4) is 5.13 Å². The van der Waals surface area contributed by atoms with Gasteiger partial charge in [0.05, 0.1) is 17.8 Å². The molecule has 0 unspecified atom stereocenters. The lowest BCUT2D eigenvalue weighted by Crippen LogP contribution is -2.15. The molecule has 6 heteroatoms. The molecular weight excluding hydrogens is 356 g/mol. The van der Waals surface area contributed by atoms with Crippen molar-refractivity contribution in [3.63, 3.8) is 0 Å². The molecule has 5 nitrogen and oxygen atoms in total. The van der Waals surface area contributed by atoms with E-state index in [2.05, 4.69) is 28.9 Å². The molecule has 0 saturated carbocycles. The second kappa shape index (κ2) is 7.88. The number of aromatic nitrogens is 3. The maximum Gasteiger partial charge on any atom is 0.230 e. The van der Waals surface area contributed by atoms with Gasteiger partial charge in [-0.05, 0) is 57.4 Å². The molecule has 2 aromatic heterocycles. The van der Waals surface area contributed by atoms with Gasteiger partial charge in [0, 0.05) is 22.3 Å². The van der Waals surface area contributed by atoms with Crippen LogP contribution in [-0.2, 0) is 17.6 Å². The number of nitrogens with zero attached hydrogens (tertiary/aromatic N) is 3. The molecule has 0 aliphatic heterocycles. The number of benzene rings is 1. The number of hydrogen-bond donors (Lipinski definition) is 1. The molecule has 3 aromatic rings. The summed E-state index contributed by atoms with van der Waals surface area (Å²) >= 11 is 1.49. The lowest BCUT2D eigenvalue weighted by atomic mass is 10.1. The summed E-state index contributed by atoms with van der Waals surface area (Å²) in [6.45, 7) is 11.9. The maximum absolute atomic E-state index is 12.4. The Balaban J connectivity index is 1.72. The molecule has 1 N–H and O–H groups in total. The van der Waals surface area contributed by atoms with Gasteiger partial charge in [-0.2, -0.15) is 5.10 Å². The van der Waals surface area contributed by atoms with Crippen molar-refractivity contribution in [2.24, 2.45) is 0 Å². The van der Waals surface area contributed by atoms with Crippen molar-refractivity contribution in [1.29, 1.82) is 0 Å². The number of rotatable bonds is 6. The Bertz CT molecular complexity index is 1000. The van der Waals surface area contributed by atoms with E-state index in [1.54, 1.807) is 0 Å². The molecule has 0 spiro atoms. The van der Waals surface area contributed by atoms with Crippen LogP contribution >= 0.6 is 11.3 Å². The van der Waals surface area contributed by atoms with Crippen LogP contribution in [0.15, 0.2) is 36.2 Å². The van der Waals surface area contributed by atoms with Gasteiger partial charge in [-0.1, -0.05) is 12.1 Å². The van der Waals surface area contributed by atoms with Gasteiger partial charge in [-0.25, -0.2) is 9.67 Å². The van der Waals surface area contributed by atoms with Crippen LogP contribution < -0.4 is 5.32 Å². The summed E-state index contributed by atoms with van der Waals surface area (Å²) in [6.07, 6.45) is 2.91. The molecule has 1 aromatic carbocycles. The second-order valence-electron chi connectivity index (χ2n) is 6.70. The fourth-order valence-electron chi connectivity index (χ4n) is 2.96. The van der Waals surface area contributed by atoms with Gasteiger partial charge < -0.3 is 5.32 Å². The van der Waals surface area contributed by atoms with E-state index in [1.807, 2.05) is 55.1 Å². The van der Waals surface area contributed by atoms with Crippen molar-refractivity contribution < 1.29 is 4.79 Å². The first kappa shape index (κ1) is 19.0. The van der Waals surface area contributed by atoms with E-state index in [0.29, 0.717) is 0 Å². The van der Waals surface area contributed by atoms with Gasteiger partial charge in [-0.15, -0.1) is 17.9 Å². The van der Waals surface area contributed by atoms with E-state index in [4.69, 9.17) is 0 Å². The van der Waals surface area contributed by atoms with Gasteiger partial charge >= 0.3 is 0 Å². The largest absolute Gasteiger partial charge is 0.326 e. The summed E-state index contributed by atoms with van der Waals surface area (Å²) in [5.74, 6) is -0.0733. The first-order valence-electron chi connectivity index (χ1n) is 8.87. The van der Waals surface area contributed by atoms with Gasteiger partial charge in [0.1, 0.15) is 0 Å². The number of nitrogens with one attached hydrogen (secondary N) is 1. The fourth-order valence-corrected chi connectivity index (χ4v) is 3.79. The third kappa shape index (κ3) is 4.17. The van der Waals surface area contributed by atoms with Crippen LogP contribution in [0.4, 0.5) is 5.69 Å². The van der Waals surface area contributed by atoms with Crippen LogP contribution in [0.2, 0.25) is 0 Å². The van der Waals surface area contributed by atoms with E-state index in [1.165, 1.54) is 22.5 Å². The molecule has 140 valence electrons. The highest BCUT2D eigenvalue weighted by molar-refractivity contribution is 7.12. The highest BCUT2D eigenvalue weighted by atomic mass is 32.1. The summed E-state index contributed by atoms with van der Waals surface area (Å²) in [5.41, 5.74) is 7.14. The summed E-state index contributed by atoms with van der Waals surface area (Å²) < 4.78 is 1.85. The normalized spacial score (nSPS) is 10.8. The first-order chi connectivity index (χ1) is 12.9. The number of amides is 1. The average Bonchev–Trinajstić information content (AvgIpc) is 3.18. The highest BCUT2D eigenvalue weighted by Crippen LogP contribution is 2.22. The minimum Gasteiger partial charge on any atom is -0.326 e. The molecule has 0 bridgehead atoms. The number of carbonyl (C=O) groups is 1. The van der Waals surface area contributed by atoms with E-state index in [0.717, 1.165) is 39.9 Å². The molecule has 0 saturated heterocycles. The van der Waals surface area contributed by atoms with Gasteiger partial charge in [0.25, 0.3) is 0 Å². The van der Waals surface area contributed by atoms with Crippen LogP contribution in [0, 0.1) is 27.7 Å². The first-order valence-corrected chi connectivity index (χ1v) is 9.75. The smallest absolute Gasteiger partial charge is 0.230 e. The third-order valence-electron chi connectivity index (χ3n) is 4.64. The van der Waals surface area contributed by atoms with Crippen molar-refractivity contribution >= 4 is 22.9 Å². The van der Waals surface area contributed by atoms with Gasteiger partial charge in [0.15, 0.2) is 0 Å². The minimum atomic E-state index is -0.0733. The van der Waals surface area contributed by atoms with E-state index in [-0.39, 0.29) is 12.3 Å². The van der Waals surface area contributed by atoms with E-state index in [9.17, 15) is 4.79 Å². The van der Waals surface area contributed by atoms with Crippen molar-refractivity contribution in [3.05, 3.63) is 70.0 Å². The van der Waals surface area contributed by atoms with Crippen molar-refractivity contribution in [2.45, 2.75) is 40.5 Å². The number of anilines is 1. The molecule has 3 rings (SSSR count). The topological polar surface area (TPSA) is 59.8 Å². The highest BCUT2D eigenvalue weighted by Gasteiger charge is 2.15. The summed E-state index contributed by atoms with van der Waals surface area (Å²) in [6, 6.07) is 5.91. The monoisotopic (exact) mass is 380 g/mol. The minimum absolute atomic E-state index is 0.0733. The summed E-state index contributed by atoms with van der Waals surface area (Å²) in [4.78, 5) is 17.0. The van der Waals surface area contributed by atoms with E-state index < -0.39 is 0 Å². The van der Waals surface area contributed by atoms with Crippen molar-refractivity contribution in [1.82, 2.24) is 14.8 Å². The lowest BCUT2D eigenvalue weighted by molar-refractivity contribution is -0.115. The Hall–Kier alpha value is -2.73. The molecule has 1 amide bonds. The molecule has 0 fully saturated rings. The number of hydrogen-bond acceptors (Lipinski definition) is 4. The summed E-state index contributed by atoms with van der Waals surface area (Å²) in [7, 11) is 0. The van der Waals surface area contributed by atoms with Crippen molar-refractivity contribution in [2.75, 3.05) is 5.32 Å². The number of aryl methyl sites for hydroxylation is 3. The van der Waals surface area contributed by atoms with Crippen LogP contribution in [0.5, 0.6) is 0 Å². The zero-order valence-corrected chi connectivity index (χ0v) is 17.0. The Labute approximate surface area is 163 Å². The standard InChI is InChI=1S/C21H24N4OS/c1-6-7-19-15(4)24-25(16(19)5)21-23-18(12-27-21)11-20(26)22-17-9-8-13(2)14(3)10-17/h6,8-10,12H,1,7,11H2,2-5H3,(H,22,26). The Morgan fingerprint density at radius 2 is 2.04 bits per heavy atom. The molecule has 0 radical (unpaired) electrons. The Morgan fingerprint density at radius 3 is 2.74 bits per heavy atom. The molecule has 0 atom stereocenters. The third-order valence-corrected chi connectivity index (χ3v) is 5.51. The quantitative estimate of drug-likeness (QED) is 0.642. The van der Waals surface area contributed by atoms with Crippen LogP contribution in [0.25, 0.3) is 5.13 Å². The number of allylic oxidation sites excluding steroid dienone is 1. The van der Waals surface area contributed by atoms with E-state index >= 15 is 0 Å². The Kier molecular flexibility index (Phi) is 5.56. The lowest BCUT2D eigenvalue weighted by Gasteiger charge is -2.07. The summed E-state index contributed by atoms with van der Waals surface area (Å²) in [5, 5.41) is 10.2. The van der Waals surface area contributed by atoms with Gasteiger partial charge in [-0.3, -0.25) is 4.79 Å². The number of carbonyl (C=O) groups excluding carboxylic acids is 1. The van der Waals surface area contributed by atoms with Crippen LogP contribution in [0.1, 0.15) is 33.8 Å². The Morgan fingerprint density at radius 1 is 1.26 bits per heavy atom. The predicted octanol–water partition coefficient (Wildman–Crippen LogP) is 4.47. The fraction of sp³-hybridized carbons (Fsp3) is 0.286. The zero-order valence-electron chi connectivity index (χ0n) is 16.2. The molecule has 0 aliphatic carbocycles. The SMILES string of the molecule is C=CCc1c(C)nn(-c2nc(CC(=O)Nc3ccc(C)c(C)c3)cs2)c1C. The second-order valence-corrected chi connectivity index (χ2v) is 7.54. The molecule has 2 heterocycles. The zero-order chi connectivity index (χ0) is 19.6. The predicted molar refractivity (Wildman–Crippen MR) is 111 cm³/mol. The molecule has 0 aliphatic rings. The average molecular weight is 381 g/mol. The molecule has 27 heavy (non-hydrogen) atoms. The van der Waals surface area contributed by atoms with Crippen LogP contribution in [-0.4, -0.2) is 20.7 Å². The molecular formula is C21H24N4OS.